The summed E-state index contributed by atoms with van der Waals surface area (Å²) in [7, 11) is 0. The lowest BCUT2D eigenvalue weighted by Crippen LogP contribution is -2.36. The second kappa shape index (κ2) is 7.28. The van der Waals surface area contributed by atoms with Gasteiger partial charge >= 0.3 is 0 Å². The SMILES string of the molecule is CC(=O)c1cc2c(cc1NC(=O)c1ccc(N3CCOCC3)cc1)OCO2. The zero-order valence-electron chi connectivity index (χ0n) is 15.0. The summed E-state index contributed by atoms with van der Waals surface area (Å²) in [6.45, 7) is 4.65. The van der Waals surface area contributed by atoms with Crippen LogP contribution in [0.1, 0.15) is 27.6 Å². The minimum atomic E-state index is -0.287. The van der Waals surface area contributed by atoms with Crippen molar-refractivity contribution < 1.29 is 23.8 Å². The number of carbonyl (C=O) groups excluding carboxylic acids is 2. The Morgan fingerprint density at radius 2 is 1.67 bits per heavy atom. The molecule has 0 saturated carbocycles. The first-order chi connectivity index (χ1) is 13.1. The van der Waals surface area contributed by atoms with Gasteiger partial charge in [0.1, 0.15) is 0 Å². The topological polar surface area (TPSA) is 77.1 Å². The molecule has 0 spiro atoms. The van der Waals surface area contributed by atoms with Crippen molar-refractivity contribution in [2.75, 3.05) is 43.3 Å². The zero-order valence-corrected chi connectivity index (χ0v) is 15.0. The van der Waals surface area contributed by atoms with Gasteiger partial charge in [0.25, 0.3) is 5.91 Å². The van der Waals surface area contributed by atoms with E-state index in [1.807, 2.05) is 12.1 Å². The summed E-state index contributed by atoms with van der Waals surface area (Å²) >= 11 is 0. The number of hydrogen-bond acceptors (Lipinski definition) is 6. The molecule has 1 saturated heterocycles. The maximum Gasteiger partial charge on any atom is 0.255 e. The molecule has 27 heavy (non-hydrogen) atoms. The van der Waals surface area contributed by atoms with Gasteiger partial charge in [0, 0.05) is 36.0 Å². The van der Waals surface area contributed by atoms with Gasteiger partial charge in [-0.05, 0) is 37.3 Å². The Morgan fingerprint density at radius 3 is 2.33 bits per heavy atom. The molecule has 0 aromatic heterocycles. The van der Waals surface area contributed by atoms with E-state index in [0.717, 1.165) is 18.8 Å². The second-order valence-electron chi connectivity index (χ2n) is 6.41. The lowest BCUT2D eigenvalue weighted by Gasteiger charge is -2.28. The van der Waals surface area contributed by atoms with Crippen LogP contribution in [-0.2, 0) is 4.74 Å². The van der Waals surface area contributed by atoms with E-state index >= 15 is 0 Å². The van der Waals surface area contributed by atoms with E-state index in [0.29, 0.717) is 41.5 Å². The largest absolute Gasteiger partial charge is 0.454 e. The number of rotatable bonds is 4. The maximum absolute atomic E-state index is 12.6. The third kappa shape index (κ3) is 3.59. The summed E-state index contributed by atoms with van der Waals surface area (Å²) in [6.07, 6.45) is 0. The van der Waals surface area contributed by atoms with E-state index < -0.39 is 0 Å². The number of anilines is 2. The molecule has 4 rings (SSSR count). The maximum atomic E-state index is 12.6. The minimum absolute atomic E-state index is 0.104. The predicted molar refractivity (Wildman–Crippen MR) is 100.0 cm³/mol. The molecule has 0 atom stereocenters. The van der Waals surface area contributed by atoms with Crippen LogP contribution in [0.4, 0.5) is 11.4 Å². The van der Waals surface area contributed by atoms with Crippen molar-refractivity contribution >= 4 is 23.1 Å². The van der Waals surface area contributed by atoms with Gasteiger partial charge in [-0.3, -0.25) is 9.59 Å². The number of fused-ring (bicyclic) bond motifs is 1. The van der Waals surface area contributed by atoms with Gasteiger partial charge in [-0.1, -0.05) is 0 Å². The van der Waals surface area contributed by atoms with E-state index in [2.05, 4.69) is 10.2 Å². The quantitative estimate of drug-likeness (QED) is 0.836. The minimum Gasteiger partial charge on any atom is -0.454 e. The highest BCUT2D eigenvalue weighted by Crippen LogP contribution is 2.37. The Kier molecular flexibility index (Phi) is 4.68. The molecule has 7 heteroatoms. The number of ether oxygens (including phenoxy) is 3. The fourth-order valence-corrected chi connectivity index (χ4v) is 3.18. The number of carbonyl (C=O) groups is 2. The van der Waals surface area contributed by atoms with Crippen LogP contribution in [0.3, 0.4) is 0 Å². The average molecular weight is 368 g/mol. The Balaban J connectivity index is 1.53. The molecule has 0 unspecified atom stereocenters. The Labute approximate surface area is 156 Å². The zero-order chi connectivity index (χ0) is 18.8. The molecule has 2 aliphatic heterocycles. The summed E-state index contributed by atoms with van der Waals surface area (Å²) in [5.74, 6) is 0.571. The van der Waals surface area contributed by atoms with Crippen molar-refractivity contribution in [1.82, 2.24) is 0 Å². The van der Waals surface area contributed by atoms with Crippen molar-refractivity contribution in [3.63, 3.8) is 0 Å². The first-order valence-corrected chi connectivity index (χ1v) is 8.80. The van der Waals surface area contributed by atoms with Gasteiger partial charge in [0.2, 0.25) is 6.79 Å². The average Bonchev–Trinajstić information content (AvgIpc) is 3.15. The van der Waals surface area contributed by atoms with Crippen LogP contribution in [0.25, 0.3) is 0 Å². The van der Waals surface area contributed by atoms with Crippen molar-refractivity contribution in [3.05, 3.63) is 47.5 Å². The number of morpholine rings is 1. The van der Waals surface area contributed by atoms with Crippen molar-refractivity contribution in [1.29, 1.82) is 0 Å². The number of benzene rings is 2. The van der Waals surface area contributed by atoms with Gasteiger partial charge in [-0.15, -0.1) is 0 Å². The summed E-state index contributed by atoms with van der Waals surface area (Å²) in [4.78, 5) is 26.8. The van der Waals surface area contributed by atoms with Crippen LogP contribution >= 0.6 is 0 Å². The monoisotopic (exact) mass is 368 g/mol. The number of nitrogens with zero attached hydrogens (tertiary/aromatic N) is 1. The highest BCUT2D eigenvalue weighted by atomic mass is 16.7. The fourth-order valence-electron chi connectivity index (χ4n) is 3.18. The summed E-state index contributed by atoms with van der Waals surface area (Å²) in [6, 6.07) is 10.6. The Hall–Kier alpha value is -3.06. The molecule has 2 aromatic carbocycles. The van der Waals surface area contributed by atoms with E-state index in [9.17, 15) is 9.59 Å². The number of hydrogen-bond donors (Lipinski definition) is 1. The van der Waals surface area contributed by atoms with Crippen LogP contribution in [0, 0.1) is 0 Å². The molecule has 0 bridgehead atoms. The molecule has 1 N–H and O–H groups in total. The molecular formula is C20H20N2O5. The van der Waals surface area contributed by atoms with Crippen LogP contribution in [0.15, 0.2) is 36.4 Å². The summed E-state index contributed by atoms with van der Waals surface area (Å²) in [5.41, 5.74) is 2.37. The lowest BCUT2D eigenvalue weighted by atomic mass is 10.1. The number of amides is 1. The molecular weight excluding hydrogens is 348 g/mol. The highest BCUT2D eigenvalue weighted by Gasteiger charge is 2.21. The van der Waals surface area contributed by atoms with Gasteiger partial charge in [-0.2, -0.15) is 0 Å². The fraction of sp³-hybridized carbons (Fsp3) is 0.300. The molecule has 140 valence electrons. The van der Waals surface area contributed by atoms with Gasteiger partial charge in [0.15, 0.2) is 17.3 Å². The van der Waals surface area contributed by atoms with Gasteiger partial charge in [-0.25, -0.2) is 0 Å². The molecule has 0 aliphatic carbocycles. The first kappa shape index (κ1) is 17.4. The molecule has 2 aliphatic rings. The Bertz CT molecular complexity index is 873. The van der Waals surface area contributed by atoms with E-state index in [1.54, 1.807) is 24.3 Å². The lowest BCUT2D eigenvalue weighted by molar-refractivity contribution is 0.101. The normalized spacial score (nSPS) is 15.5. The summed E-state index contributed by atoms with van der Waals surface area (Å²) in [5, 5.41) is 2.81. The van der Waals surface area contributed by atoms with Crippen molar-refractivity contribution in [3.8, 4) is 11.5 Å². The second-order valence-corrected chi connectivity index (χ2v) is 6.41. The van der Waals surface area contributed by atoms with E-state index in [1.165, 1.54) is 6.92 Å². The standard InChI is InChI=1S/C20H20N2O5/c1-13(23)16-10-18-19(27-12-26-18)11-17(16)21-20(24)14-2-4-15(5-3-14)22-6-8-25-9-7-22/h2-5,10-11H,6-9,12H2,1H3,(H,21,24). The Morgan fingerprint density at radius 1 is 1.00 bits per heavy atom. The highest BCUT2D eigenvalue weighted by molar-refractivity contribution is 6.09. The molecule has 0 radical (unpaired) electrons. The van der Waals surface area contributed by atoms with Crippen LogP contribution in [0.5, 0.6) is 11.5 Å². The van der Waals surface area contributed by atoms with Gasteiger partial charge < -0.3 is 24.4 Å². The van der Waals surface area contributed by atoms with Crippen molar-refractivity contribution in [2.45, 2.75) is 6.92 Å². The van der Waals surface area contributed by atoms with Crippen LogP contribution in [0.2, 0.25) is 0 Å². The van der Waals surface area contributed by atoms with Crippen molar-refractivity contribution in [2.24, 2.45) is 0 Å². The molecule has 1 fully saturated rings. The molecule has 1 amide bonds. The smallest absolute Gasteiger partial charge is 0.255 e. The van der Waals surface area contributed by atoms with Gasteiger partial charge in [0.05, 0.1) is 18.9 Å². The summed E-state index contributed by atoms with van der Waals surface area (Å²) < 4.78 is 16.0. The third-order valence-electron chi connectivity index (χ3n) is 4.65. The van der Waals surface area contributed by atoms with E-state index in [4.69, 9.17) is 14.2 Å². The first-order valence-electron chi connectivity index (χ1n) is 8.80. The van der Waals surface area contributed by atoms with E-state index in [-0.39, 0.29) is 18.5 Å². The third-order valence-corrected chi connectivity index (χ3v) is 4.65. The number of nitrogens with one attached hydrogen (secondary N) is 1. The molecule has 2 heterocycles. The number of ketones is 1. The molecule has 7 nitrogen and oxygen atoms in total. The molecule has 2 aromatic rings. The van der Waals surface area contributed by atoms with Crippen LogP contribution < -0.4 is 19.7 Å². The predicted octanol–water partition coefficient (Wildman–Crippen LogP) is 2.71. The van der Waals surface area contributed by atoms with Crippen LogP contribution in [-0.4, -0.2) is 44.8 Å². The number of Topliss-reactive ketones (excluding diaryl/α,β-unsaturated/α-hetero) is 1.